The second-order valence-electron chi connectivity index (χ2n) is 2.50. The molecule has 2 heterocycles. The average molecular weight is 210 g/mol. The lowest BCUT2D eigenvalue weighted by molar-refractivity contribution is -0.124. The van der Waals surface area contributed by atoms with E-state index in [9.17, 15) is 9.59 Å². The van der Waals surface area contributed by atoms with Crippen LogP contribution in [0.1, 0.15) is 0 Å². The molecule has 0 spiro atoms. The second-order valence-corrected chi connectivity index (χ2v) is 3.45. The fourth-order valence-electron chi connectivity index (χ4n) is 0.934. The van der Waals surface area contributed by atoms with E-state index in [0.29, 0.717) is 5.00 Å². The van der Waals surface area contributed by atoms with Crippen LogP contribution >= 0.6 is 11.3 Å². The van der Waals surface area contributed by atoms with Crippen molar-refractivity contribution in [3.63, 3.8) is 0 Å². The standard InChI is InChI=1S/C7H6N4O2S/c12-6-4-8-10-11(6)7(13)9-5-2-1-3-14-5/h1-3H,4H2,(H,9,13). The highest BCUT2D eigenvalue weighted by Gasteiger charge is 2.25. The number of amides is 3. The summed E-state index contributed by atoms with van der Waals surface area (Å²) < 4.78 is 0. The zero-order chi connectivity index (χ0) is 9.97. The number of imide groups is 1. The minimum absolute atomic E-state index is 0.0577. The Balaban J connectivity index is 2.03. The summed E-state index contributed by atoms with van der Waals surface area (Å²) in [7, 11) is 0. The van der Waals surface area contributed by atoms with Crippen LogP contribution in [0.3, 0.4) is 0 Å². The van der Waals surface area contributed by atoms with Gasteiger partial charge < -0.3 is 0 Å². The molecule has 0 fully saturated rings. The van der Waals surface area contributed by atoms with Crippen LogP contribution < -0.4 is 5.32 Å². The number of anilines is 1. The van der Waals surface area contributed by atoms with Gasteiger partial charge in [-0.1, -0.05) is 5.22 Å². The fraction of sp³-hybridized carbons (Fsp3) is 0.143. The van der Waals surface area contributed by atoms with Gasteiger partial charge in [-0.25, -0.2) is 4.79 Å². The summed E-state index contributed by atoms with van der Waals surface area (Å²) in [5.41, 5.74) is 0. The van der Waals surface area contributed by atoms with Gasteiger partial charge >= 0.3 is 6.03 Å². The number of nitrogens with one attached hydrogen (secondary N) is 1. The van der Waals surface area contributed by atoms with Crippen LogP contribution in [0, 0.1) is 0 Å². The van der Waals surface area contributed by atoms with Crippen LogP contribution in [0.15, 0.2) is 27.9 Å². The molecule has 0 saturated carbocycles. The van der Waals surface area contributed by atoms with E-state index in [4.69, 9.17) is 0 Å². The van der Waals surface area contributed by atoms with Gasteiger partial charge in [0.15, 0.2) is 0 Å². The normalized spacial score (nSPS) is 14.9. The number of hydrogen-bond acceptors (Lipinski definition) is 5. The second kappa shape index (κ2) is 3.54. The molecule has 7 heteroatoms. The van der Waals surface area contributed by atoms with Crippen molar-refractivity contribution >= 4 is 28.3 Å². The van der Waals surface area contributed by atoms with E-state index in [2.05, 4.69) is 15.7 Å². The van der Waals surface area contributed by atoms with E-state index in [1.165, 1.54) is 11.3 Å². The molecule has 1 aliphatic rings. The molecule has 0 unspecified atom stereocenters. The topological polar surface area (TPSA) is 74.1 Å². The van der Waals surface area contributed by atoms with Gasteiger partial charge in [0.05, 0.1) is 5.00 Å². The Morgan fingerprint density at radius 2 is 2.50 bits per heavy atom. The molecule has 0 saturated heterocycles. The lowest BCUT2D eigenvalue weighted by Crippen LogP contribution is -2.33. The first-order chi connectivity index (χ1) is 6.77. The van der Waals surface area contributed by atoms with Crippen molar-refractivity contribution in [2.75, 3.05) is 11.9 Å². The monoisotopic (exact) mass is 210 g/mol. The van der Waals surface area contributed by atoms with Crippen molar-refractivity contribution < 1.29 is 9.59 Å². The van der Waals surface area contributed by atoms with Crippen LogP contribution in [-0.4, -0.2) is 23.5 Å². The van der Waals surface area contributed by atoms with E-state index in [0.717, 1.165) is 5.01 Å². The van der Waals surface area contributed by atoms with E-state index in [-0.39, 0.29) is 6.54 Å². The van der Waals surface area contributed by atoms with Gasteiger partial charge in [-0.15, -0.1) is 16.3 Å². The van der Waals surface area contributed by atoms with Crippen molar-refractivity contribution in [3.05, 3.63) is 17.5 Å². The maximum absolute atomic E-state index is 11.4. The molecule has 0 aliphatic carbocycles. The number of hydrogen-bond donors (Lipinski definition) is 1. The highest BCUT2D eigenvalue weighted by Crippen LogP contribution is 2.16. The highest BCUT2D eigenvalue weighted by atomic mass is 32.1. The van der Waals surface area contributed by atoms with Crippen molar-refractivity contribution in [1.29, 1.82) is 0 Å². The van der Waals surface area contributed by atoms with Gasteiger partial charge in [-0.2, -0.15) is 5.11 Å². The Hall–Kier alpha value is -1.76. The molecule has 1 aromatic heterocycles. The first-order valence-electron chi connectivity index (χ1n) is 3.82. The zero-order valence-electron chi connectivity index (χ0n) is 7.01. The maximum atomic E-state index is 11.4. The predicted octanol–water partition coefficient (Wildman–Crippen LogP) is 1.49. The van der Waals surface area contributed by atoms with E-state index in [1.54, 1.807) is 12.1 Å². The molecule has 0 bridgehead atoms. The molecule has 0 atom stereocenters. The Bertz CT molecular complexity index is 386. The molecular formula is C7H6N4O2S. The summed E-state index contributed by atoms with van der Waals surface area (Å²) in [6.45, 7) is -0.0577. The van der Waals surface area contributed by atoms with Gasteiger partial charge in [0.1, 0.15) is 6.54 Å². The number of thiophene rings is 1. The molecule has 2 rings (SSSR count). The predicted molar refractivity (Wildman–Crippen MR) is 49.9 cm³/mol. The Morgan fingerprint density at radius 1 is 1.64 bits per heavy atom. The molecule has 72 valence electrons. The van der Waals surface area contributed by atoms with Crippen molar-refractivity contribution in [2.45, 2.75) is 0 Å². The van der Waals surface area contributed by atoms with Gasteiger partial charge in [0.25, 0.3) is 5.91 Å². The van der Waals surface area contributed by atoms with Crippen molar-refractivity contribution in [2.24, 2.45) is 10.3 Å². The number of carbonyl (C=O) groups excluding carboxylic acids is 2. The third kappa shape index (κ3) is 1.62. The van der Waals surface area contributed by atoms with Crippen molar-refractivity contribution in [1.82, 2.24) is 5.01 Å². The van der Waals surface area contributed by atoms with Gasteiger partial charge in [0, 0.05) is 0 Å². The van der Waals surface area contributed by atoms with Gasteiger partial charge in [0.2, 0.25) is 0 Å². The average Bonchev–Trinajstić information content (AvgIpc) is 2.75. The van der Waals surface area contributed by atoms with Gasteiger partial charge in [-0.3, -0.25) is 10.1 Å². The summed E-state index contributed by atoms with van der Waals surface area (Å²) in [5, 5.41) is 12.6. The molecule has 0 radical (unpaired) electrons. The summed E-state index contributed by atoms with van der Waals surface area (Å²) >= 11 is 1.37. The zero-order valence-corrected chi connectivity index (χ0v) is 7.82. The molecule has 0 aromatic carbocycles. The molecule has 1 aromatic rings. The summed E-state index contributed by atoms with van der Waals surface area (Å²) in [5.74, 6) is -0.418. The molecular weight excluding hydrogens is 204 g/mol. The van der Waals surface area contributed by atoms with Crippen LogP contribution in [0.2, 0.25) is 0 Å². The third-order valence-corrected chi connectivity index (χ3v) is 2.32. The molecule has 14 heavy (non-hydrogen) atoms. The largest absolute Gasteiger partial charge is 0.351 e. The number of urea groups is 1. The van der Waals surface area contributed by atoms with E-state index in [1.807, 2.05) is 5.38 Å². The first kappa shape index (κ1) is 8.82. The highest BCUT2D eigenvalue weighted by molar-refractivity contribution is 7.14. The Morgan fingerprint density at radius 3 is 3.07 bits per heavy atom. The van der Waals surface area contributed by atoms with Gasteiger partial charge in [-0.05, 0) is 17.5 Å². The number of carbonyl (C=O) groups is 2. The minimum atomic E-state index is -0.571. The molecule has 3 amide bonds. The van der Waals surface area contributed by atoms with Crippen LogP contribution in [-0.2, 0) is 4.79 Å². The summed E-state index contributed by atoms with van der Waals surface area (Å²) in [4.78, 5) is 22.4. The first-order valence-corrected chi connectivity index (χ1v) is 4.70. The minimum Gasteiger partial charge on any atom is -0.297 e. The van der Waals surface area contributed by atoms with Crippen molar-refractivity contribution in [3.8, 4) is 0 Å². The molecule has 1 aliphatic heterocycles. The van der Waals surface area contributed by atoms with E-state index >= 15 is 0 Å². The quantitative estimate of drug-likeness (QED) is 0.762. The summed E-state index contributed by atoms with van der Waals surface area (Å²) in [6, 6.07) is 2.96. The lowest BCUT2D eigenvalue weighted by Gasteiger charge is -2.07. The molecule has 1 N–H and O–H groups in total. The lowest BCUT2D eigenvalue weighted by atomic mass is 10.6. The van der Waals surface area contributed by atoms with E-state index < -0.39 is 11.9 Å². The number of nitrogens with zero attached hydrogens (tertiary/aromatic N) is 3. The maximum Gasteiger partial charge on any atom is 0.351 e. The Labute approximate surface area is 83.2 Å². The molecule has 6 nitrogen and oxygen atoms in total. The fourth-order valence-corrected chi connectivity index (χ4v) is 1.54. The number of rotatable bonds is 1. The summed E-state index contributed by atoms with van der Waals surface area (Å²) in [6.07, 6.45) is 0. The van der Waals surface area contributed by atoms with Crippen LogP contribution in [0.25, 0.3) is 0 Å². The van der Waals surface area contributed by atoms with Crippen LogP contribution in [0.5, 0.6) is 0 Å². The third-order valence-electron chi connectivity index (χ3n) is 1.54. The SMILES string of the molecule is O=C1CN=NN1C(=O)Nc1cccs1. The Kier molecular flexibility index (Phi) is 2.23. The smallest absolute Gasteiger partial charge is 0.297 e. The van der Waals surface area contributed by atoms with Crippen LogP contribution in [0.4, 0.5) is 9.80 Å².